The second-order valence-electron chi connectivity index (χ2n) is 8.42. The predicted octanol–water partition coefficient (Wildman–Crippen LogP) is 6.86. The highest BCUT2D eigenvalue weighted by Gasteiger charge is 2.23. The Morgan fingerprint density at radius 1 is 0.885 bits per heavy atom. The summed E-state index contributed by atoms with van der Waals surface area (Å²) in [5.74, 6) is 3.78. The van der Waals surface area contributed by atoms with Crippen LogP contribution in [0.3, 0.4) is 0 Å². The molecule has 3 nitrogen and oxygen atoms in total. The first-order chi connectivity index (χ1) is 12.8. The van der Waals surface area contributed by atoms with Gasteiger partial charge in [0.05, 0.1) is 0 Å². The van der Waals surface area contributed by atoms with E-state index in [1.807, 2.05) is 0 Å². The summed E-state index contributed by atoms with van der Waals surface area (Å²) in [4.78, 5) is 4.70. The van der Waals surface area contributed by atoms with Crippen molar-refractivity contribution >= 4 is 0 Å². The van der Waals surface area contributed by atoms with Gasteiger partial charge in [0, 0.05) is 11.5 Å². The van der Waals surface area contributed by atoms with Gasteiger partial charge in [-0.1, -0.05) is 68.4 Å². The van der Waals surface area contributed by atoms with E-state index < -0.39 is 0 Å². The van der Waals surface area contributed by atoms with E-state index >= 15 is 0 Å². The van der Waals surface area contributed by atoms with Crippen molar-refractivity contribution in [2.75, 3.05) is 0 Å². The molecule has 1 heterocycles. The maximum Gasteiger partial charge on any atom is 0.230 e. The van der Waals surface area contributed by atoms with Gasteiger partial charge in [-0.3, -0.25) is 0 Å². The Balaban J connectivity index is 1.39. The Morgan fingerprint density at radius 2 is 1.62 bits per heavy atom. The van der Waals surface area contributed by atoms with Crippen molar-refractivity contribution in [2.24, 2.45) is 5.92 Å². The maximum absolute atomic E-state index is 5.58. The molecule has 26 heavy (non-hydrogen) atoms. The highest BCUT2D eigenvalue weighted by atomic mass is 16.5. The van der Waals surface area contributed by atoms with Crippen LogP contribution in [0.2, 0.25) is 0 Å². The molecule has 140 valence electrons. The second-order valence-corrected chi connectivity index (χ2v) is 8.42. The van der Waals surface area contributed by atoms with E-state index in [2.05, 4.69) is 36.3 Å². The lowest BCUT2D eigenvalue weighted by Crippen LogP contribution is -2.13. The van der Waals surface area contributed by atoms with E-state index in [-0.39, 0.29) is 0 Å². The Labute approximate surface area is 157 Å². The molecule has 4 rings (SSSR count). The SMILES string of the molecule is CCCC1CCC(c2ccc(-c3noc(C4CCCCC4)n3)cc2)CC1. The fourth-order valence-electron chi connectivity index (χ4n) is 4.96. The Kier molecular flexibility index (Phi) is 5.72. The van der Waals surface area contributed by atoms with Gasteiger partial charge < -0.3 is 4.52 Å². The number of benzene rings is 1. The minimum absolute atomic E-state index is 0.475. The number of rotatable bonds is 5. The van der Waals surface area contributed by atoms with Gasteiger partial charge in [0.15, 0.2) is 0 Å². The van der Waals surface area contributed by atoms with Crippen LogP contribution in [0.15, 0.2) is 28.8 Å². The molecule has 2 saturated carbocycles. The molecule has 1 aromatic heterocycles. The number of nitrogens with zero attached hydrogens (tertiary/aromatic N) is 2. The van der Waals surface area contributed by atoms with E-state index in [0.717, 1.165) is 29.1 Å². The summed E-state index contributed by atoms with van der Waals surface area (Å²) < 4.78 is 5.58. The predicted molar refractivity (Wildman–Crippen MR) is 105 cm³/mol. The van der Waals surface area contributed by atoms with Crippen LogP contribution in [0, 0.1) is 5.92 Å². The van der Waals surface area contributed by atoms with Crippen LogP contribution >= 0.6 is 0 Å². The third kappa shape index (κ3) is 4.02. The molecule has 3 heteroatoms. The van der Waals surface area contributed by atoms with Crippen LogP contribution in [0.4, 0.5) is 0 Å². The van der Waals surface area contributed by atoms with Crippen molar-refractivity contribution in [3.8, 4) is 11.4 Å². The van der Waals surface area contributed by atoms with Crippen molar-refractivity contribution in [1.29, 1.82) is 0 Å². The van der Waals surface area contributed by atoms with E-state index in [0.29, 0.717) is 5.92 Å². The summed E-state index contributed by atoms with van der Waals surface area (Å²) in [6, 6.07) is 8.94. The molecule has 2 fully saturated rings. The largest absolute Gasteiger partial charge is 0.339 e. The lowest BCUT2D eigenvalue weighted by molar-refractivity contribution is 0.308. The third-order valence-corrected chi connectivity index (χ3v) is 6.58. The molecule has 0 amide bonds. The quantitative estimate of drug-likeness (QED) is 0.590. The molecule has 2 aromatic rings. The van der Waals surface area contributed by atoms with Crippen LogP contribution < -0.4 is 0 Å². The van der Waals surface area contributed by atoms with E-state index in [4.69, 9.17) is 9.51 Å². The van der Waals surface area contributed by atoms with Crippen LogP contribution in [0.5, 0.6) is 0 Å². The van der Waals surface area contributed by atoms with Gasteiger partial charge in [-0.2, -0.15) is 4.98 Å². The molecule has 0 atom stereocenters. The second kappa shape index (κ2) is 8.37. The van der Waals surface area contributed by atoms with Gasteiger partial charge in [0.1, 0.15) is 0 Å². The van der Waals surface area contributed by atoms with Crippen molar-refractivity contribution in [1.82, 2.24) is 10.1 Å². The molecule has 0 bridgehead atoms. The highest BCUT2D eigenvalue weighted by Crippen LogP contribution is 2.38. The standard InChI is InChI=1S/C23H32N2O/c1-2-6-17-9-11-18(12-10-17)19-13-15-20(16-14-19)22-24-23(26-25-22)21-7-4-3-5-8-21/h13-18,21H,2-12H2,1H3. The van der Waals surface area contributed by atoms with Gasteiger partial charge in [-0.05, 0) is 55.9 Å². The summed E-state index contributed by atoms with van der Waals surface area (Å²) >= 11 is 0. The molecule has 0 unspecified atom stereocenters. The lowest BCUT2D eigenvalue weighted by atomic mass is 9.77. The average Bonchev–Trinajstić information content (AvgIpc) is 3.20. The lowest BCUT2D eigenvalue weighted by Gasteiger charge is -2.28. The number of hydrogen-bond donors (Lipinski definition) is 0. The molecule has 2 aliphatic carbocycles. The molecule has 0 saturated heterocycles. The fourth-order valence-corrected chi connectivity index (χ4v) is 4.96. The first kappa shape index (κ1) is 17.8. The van der Waals surface area contributed by atoms with E-state index in [1.165, 1.54) is 76.2 Å². The highest BCUT2D eigenvalue weighted by molar-refractivity contribution is 5.55. The van der Waals surface area contributed by atoms with Crippen molar-refractivity contribution in [2.45, 2.75) is 89.4 Å². The van der Waals surface area contributed by atoms with Crippen molar-refractivity contribution in [3.05, 3.63) is 35.7 Å². The molecule has 0 aliphatic heterocycles. The average molecular weight is 353 g/mol. The van der Waals surface area contributed by atoms with Gasteiger partial charge in [0.2, 0.25) is 11.7 Å². The summed E-state index contributed by atoms with van der Waals surface area (Å²) in [6.07, 6.45) is 14.5. The molecule has 1 aromatic carbocycles. The molecule has 2 aliphatic rings. The van der Waals surface area contributed by atoms with Crippen LogP contribution in [0.1, 0.15) is 101 Å². The first-order valence-corrected chi connectivity index (χ1v) is 10.8. The zero-order valence-electron chi connectivity index (χ0n) is 16.1. The molecular formula is C23H32N2O. The number of hydrogen-bond acceptors (Lipinski definition) is 3. The summed E-state index contributed by atoms with van der Waals surface area (Å²) in [6.45, 7) is 2.31. The molecular weight excluding hydrogens is 320 g/mol. The topological polar surface area (TPSA) is 38.9 Å². The van der Waals surface area contributed by atoms with Crippen LogP contribution in [0.25, 0.3) is 11.4 Å². The first-order valence-electron chi connectivity index (χ1n) is 10.8. The zero-order chi connectivity index (χ0) is 17.8. The molecule has 0 radical (unpaired) electrons. The zero-order valence-corrected chi connectivity index (χ0v) is 16.1. The smallest absolute Gasteiger partial charge is 0.230 e. The number of aromatic nitrogens is 2. The Hall–Kier alpha value is -1.64. The van der Waals surface area contributed by atoms with Gasteiger partial charge in [-0.15, -0.1) is 0 Å². The van der Waals surface area contributed by atoms with Gasteiger partial charge in [0.25, 0.3) is 0 Å². The minimum atomic E-state index is 0.475. The Bertz CT molecular complexity index is 676. The molecule has 0 N–H and O–H groups in total. The summed E-state index contributed by atoms with van der Waals surface area (Å²) in [5.41, 5.74) is 2.57. The van der Waals surface area contributed by atoms with Gasteiger partial charge in [-0.25, -0.2) is 0 Å². The maximum atomic E-state index is 5.58. The van der Waals surface area contributed by atoms with Gasteiger partial charge >= 0.3 is 0 Å². The van der Waals surface area contributed by atoms with E-state index in [1.54, 1.807) is 0 Å². The van der Waals surface area contributed by atoms with Crippen LogP contribution in [-0.2, 0) is 0 Å². The fraction of sp³-hybridized carbons (Fsp3) is 0.652. The third-order valence-electron chi connectivity index (χ3n) is 6.58. The van der Waals surface area contributed by atoms with Crippen molar-refractivity contribution in [3.63, 3.8) is 0 Å². The minimum Gasteiger partial charge on any atom is -0.339 e. The Morgan fingerprint density at radius 3 is 2.31 bits per heavy atom. The summed E-state index contributed by atoms with van der Waals surface area (Å²) in [5, 5.41) is 4.25. The molecule has 0 spiro atoms. The van der Waals surface area contributed by atoms with Crippen LogP contribution in [-0.4, -0.2) is 10.1 Å². The summed E-state index contributed by atoms with van der Waals surface area (Å²) in [7, 11) is 0. The normalized spacial score (nSPS) is 24.7. The monoisotopic (exact) mass is 352 g/mol. The van der Waals surface area contributed by atoms with E-state index in [9.17, 15) is 0 Å². The van der Waals surface area contributed by atoms with Crippen molar-refractivity contribution < 1.29 is 4.52 Å².